The average Bonchev–Trinajstić information content (AvgIpc) is 2.62. The second-order valence-electron chi connectivity index (χ2n) is 6.39. The van der Waals surface area contributed by atoms with E-state index < -0.39 is 0 Å². The minimum Gasteiger partial charge on any atom is -0.494 e. The van der Waals surface area contributed by atoms with Crippen molar-refractivity contribution in [3.8, 4) is 5.75 Å². The van der Waals surface area contributed by atoms with Gasteiger partial charge in [-0.15, -0.1) is 0 Å². The second-order valence-corrected chi connectivity index (χ2v) is 6.39. The number of piperidine rings is 1. The molecule has 1 N–H and O–H groups in total. The molecule has 0 unspecified atom stereocenters. The Kier molecular flexibility index (Phi) is 5.64. The third kappa shape index (κ3) is 4.31. The Morgan fingerprint density at radius 2 is 1.91 bits per heavy atom. The number of ether oxygens (including phenoxy) is 2. The van der Waals surface area contributed by atoms with Crippen LogP contribution in [-0.2, 0) is 4.74 Å². The van der Waals surface area contributed by atoms with E-state index in [-0.39, 0.29) is 12.5 Å². The molecule has 3 rings (SSSR count). The van der Waals surface area contributed by atoms with Crippen molar-refractivity contribution in [3.05, 3.63) is 12.4 Å². The van der Waals surface area contributed by atoms with Gasteiger partial charge in [-0.3, -0.25) is 4.90 Å². The van der Waals surface area contributed by atoms with Gasteiger partial charge in [0.25, 0.3) is 0 Å². The number of hydrogen-bond donors (Lipinski definition) is 1. The molecule has 0 aromatic carbocycles. The summed E-state index contributed by atoms with van der Waals surface area (Å²) in [6, 6.07) is 0. The van der Waals surface area contributed by atoms with Crippen LogP contribution < -0.4 is 9.64 Å². The van der Waals surface area contributed by atoms with E-state index in [1.807, 2.05) is 0 Å². The number of rotatable bonds is 5. The summed E-state index contributed by atoms with van der Waals surface area (Å²) in [6.07, 6.45) is 4.45. The van der Waals surface area contributed by atoms with Gasteiger partial charge in [0.15, 0.2) is 5.75 Å². The van der Waals surface area contributed by atoms with Gasteiger partial charge in [-0.2, -0.15) is 0 Å². The SMILES string of the molecule is COc1cnc(N2C[C@H](CO)C[C@H](CN3CCOCC3)C2)nc1. The fourth-order valence-corrected chi connectivity index (χ4v) is 3.47. The molecule has 0 aliphatic carbocycles. The normalized spacial score (nSPS) is 26.3. The van der Waals surface area contributed by atoms with Crippen LogP contribution in [-0.4, -0.2) is 79.6 Å². The largest absolute Gasteiger partial charge is 0.494 e. The summed E-state index contributed by atoms with van der Waals surface area (Å²) in [6.45, 7) is 6.64. The highest BCUT2D eigenvalue weighted by atomic mass is 16.5. The lowest BCUT2D eigenvalue weighted by Gasteiger charge is -2.39. The van der Waals surface area contributed by atoms with Crippen LogP contribution in [0, 0.1) is 11.8 Å². The standard InChI is InChI=1S/C16H26N4O3/c1-22-15-7-17-16(18-8-15)20-10-13(6-14(11-20)12-21)9-19-2-4-23-5-3-19/h7-8,13-14,21H,2-6,9-12H2,1H3/t13-,14-/m1/s1. The van der Waals surface area contributed by atoms with Crippen molar-refractivity contribution in [2.45, 2.75) is 6.42 Å². The molecule has 3 heterocycles. The summed E-state index contributed by atoms with van der Waals surface area (Å²) in [5.41, 5.74) is 0. The van der Waals surface area contributed by atoms with E-state index in [0.717, 1.165) is 58.3 Å². The van der Waals surface area contributed by atoms with Crippen molar-refractivity contribution < 1.29 is 14.6 Å². The van der Waals surface area contributed by atoms with Gasteiger partial charge in [-0.1, -0.05) is 0 Å². The number of morpholine rings is 1. The van der Waals surface area contributed by atoms with Crippen molar-refractivity contribution in [1.29, 1.82) is 0 Å². The monoisotopic (exact) mass is 322 g/mol. The molecule has 1 aromatic heterocycles. The van der Waals surface area contributed by atoms with Gasteiger partial charge in [-0.25, -0.2) is 9.97 Å². The highest BCUT2D eigenvalue weighted by Crippen LogP contribution is 2.26. The first kappa shape index (κ1) is 16.4. The smallest absolute Gasteiger partial charge is 0.225 e. The molecule has 2 fully saturated rings. The summed E-state index contributed by atoms with van der Waals surface area (Å²) in [7, 11) is 1.61. The fraction of sp³-hybridized carbons (Fsp3) is 0.750. The molecule has 0 spiro atoms. The molecule has 23 heavy (non-hydrogen) atoms. The molecular formula is C16H26N4O3. The second kappa shape index (κ2) is 7.90. The molecule has 128 valence electrons. The van der Waals surface area contributed by atoms with Crippen LogP contribution >= 0.6 is 0 Å². The lowest BCUT2D eigenvalue weighted by atomic mass is 9.89. The van der Waals surface area contributed by atoms with E-state index in [2.05, 4.69) is 19.8 Å². The summed E-state index contributed by atoms with van der Waals surface area (Å²) < 4.78 is 10.5. The Morgan fingerprint density at radius 3 is 2.57 bits per heavy atom. The zero-order valence-electron chi connectivity index (χ0n) is 13.7. The Bertz CT molecular complexity index is 479. The van der Waals surface area contributed by atoms with E-state index in [1.54, 1.807) is 19.5 Å². The van der Waals surface area contributed by atoms with E-state index in [1.165, 1.54) is 0 Å². The van der Waals surface area contributed by atoms with Crippen molar-refractivity contribution in [3.63, 3.8) is 0 Å². The molecule has 2 atom stereocenters. The minimum absolute atomic E-state index is 0.215. The Hall–Kier alpha value is -1.44. The third-order valence-electron chi connectivity index (χ3n) is 4.64. The highest BCUT2D eigenvalue weighted by Gasteiger charge is 2.29. The summed E-state index contributed by atoms with van der Waals surface area (Å²) in [5.74, 6) is 2.18. The van der Waals surface area contributed by atoms with Crippen molar-refractivity contribution >= 4 is 5.95 Å². The summed E-state index contributed by atoms with van der Waals surface area (Å²) >= 11 is 0. The van der Waals surface area contributed by atoms with Gasteiger partial charge in [0.05, 0.1) is 32.7 Å². The van der Waals surface area contributed by atoms with Crippen molar-refractivity contribution in [2.75, 3.05) is 64.6 Å². The first-order chi connectivity index (χ1) is 11.3. The van der Waals surface area contributed by atoms with Gasteiger partial charge in [-0.05, 0) is 18.3 Å². The molecule has 0 bridgehead atoms. The first-order valence-corrected chi connectivity index (χ1v) is 8.30. The lowest BCUT2D eigenvalue weighted by molar-refractivity contribution is 0.0267. The number of nitrogens with zero attached hydrogens (tertiary/aromatic N) is 4. The van der Waals surface area contributed by atoms with Crippen molar-refractivity contribution in [1.82, 2.24) is 14.9 Å². The molecule has 7 nitrogen and oxygen atoms in total. The maximum atomic E-state index is 9.64. The molecule has 2 saturated heterocycles. The zero-order valence-corrected chi connectivity index (χ0v) is 13.7. The molecule has 0 amide bonds. The van der Waals surface area contributed by atoms with Gasteiger partial charge in [0, 0.05) is 39.3 Å². The number of anilines is 1. The maximum Gasteiger partial charge on any atom is 0.225 e. The highest BCUT2D eigenvalue weighted by molar-refractivity contribution is 5.32. The summed E-state index contributed by atoms with van der Waals surface area (Å²) in [5, 5.41) is 9.64. The van der Waals surface area contributed by atoms with Crippen LogP contribution in [0.5, 0.6) is 5.75 Å². The van der Waals surface area contributed by atoms with E-state index in [0.29, 0.717) is 11.7 Å². The van der Waals surface area contributed by atoms with E-state index in [4.69, 9.17) is 9.47 Å². The molecule has 2 aliphatic rings. The van der Waals surface area contributed by atoms with Gasteiger partial charge >= 0.3 is 0 Å². The average molecular weight is 322 g/mol. The van der Waals surface area contributed by atoms with Gasteiger partial charge in [0.1, 0.15) is 0 Å². The molecule has 0 saturated carbocycles. The molecule has 2 aliphatic heterocycles. The quantitative estimate of drug-likeness (QED) is 0.833. The molecule has 0 radical (unpaired) electrons. The molecular weight excluding hydrogens is 296 g/mol. The molecule has 1 aromatic rings. The maximum absolute atomic E-state index is 9.64. The van der Waals surface area contributed by atoms with Gasteiger partial charge < -0.3 is 19.5 Å². The van der Waals surface area contributed by atoms with Crippen LogP contribution in [0.1, 0.15) is 6.42 Å². The topological polar surface area (TPSA) is 71.0 Å². The van der Waals surface area contributed by atoms with Crippen LogP contribution in [0.25, 0.3) is 0 Å². The fourth-order valence-electron chi connectivity index (χ4n) is 3.47. The first-order valence-electron chi connectivity index (χ1n) is 8.30. The zero-order chi connectivity index (χ0) is 16.1. The van der Waals surface area contributed by atoms with Crippen LogP contribution in [0.15, 0.2) is 12.4 Å². The van der Waals surface area contributed by atoms with E-state index >= 15 is 0 Å². The van der Waals surface area contributed by atoms with Crippen LogP contribution in [0.3, 0.4) is 0 Å². The van der Waals surface area contributed by atoms with Crippen molar-refractivity contribution in [2.24, 2.45) is 11.8 Å². The number of aliphatic hydroxyl groups excluding tert-OH is 1. The number of hydrogen-bond acceptors (Lipinski definition) is 7. The lowest BCUT2D eigenvalue weighted by Crippen LogP contribution is -2.48. The Balaban J connectivity index is 1.64. The number of methoxy groups -OCH3 is 1. The number of aliphatic hydroxyl groups is 1. The van der Waals surface area contributed by atoms with Crippen LogP contribution in [0.2, 0.25) is 0 Å². The Morgan fingerprint density at radius 1 is 1.22 bits per heavy atom. The third-order valence-corrected chi connectivity index (χ3v) is 4.64. The van der Waals surface area contributed by atoms with Gasteiger partial charge in [0.2, 0.25) is 5.95 Å². The summed E-state index contributed by atoms with van der Waals surface area (Å²) in [4.78, 5) is 13.4. The number of aromatic nitrogens is 2. The van der Waals surface area contributed by atoms with Crippen LogP contribution in [0.4, 0.5) is 5.95 Å². The Labute approximate surface area is 137 Å². The minimum atomic E-state index is 0.215. The predicted molar refractivity (Wildman–Crippen MR) is 86.7 cm³/mol. The molecule has 7 heteroatoms. The predicted octanol–water partition coefficient (Wildman–Crippen LogP) is 0.252. The van der Waals surface area contributed by atoms with E-state index in [9.17, 15) is 5.11 Å².